The Kier molecular flexibility index (Phi) is 5.99. The van der Waals surface area contributed by atoms with Crippen molar-refractivity contribution in [2.75, 3.05) is 51.3 Å². The quantitative estimate of drug-likeness (QED) is 0.693. The third kappa shape index (κ3) is 4.51. The van der Waals surface area contributed by atoms with Gasteiger partial charge in [0.05, 0.1) is 23.7 Å². The predicted molar refractivity (Wildman–Crippen MR) is 109 cm³/mol. The summed E-state index contributed by atoms with van der Waals surface area (Å²) in [5.41, 5.74) is 2.38. The summed E-state index contributed by atoms with van der Waals surface area (Å²) in [7, 11) is -1.08. The highest BCUT2D eigenvalue weighted by atomic mass is 32.2. The summed E-state index contributed by atoms with van der Waals surface area (Å²) in [6.07, 6.45) is 3.36. The van der Waals surface area contributed by atoms with E-state index in [1.54, 1.807) is 0 Å². The minimum Gasteiger partial charge on any atom is -0.360 e. The second kappa shape index (κ2) is 8.35. The SMILES string of the molecule is CCN1CCc2noc(C3CCN(C(=O)CN(C)[C@H]4CCS(=O)(=O)C4)CC3)c2C1. The van der Waals surface area contributed by atoms with Crippen LogP contribution in [0.5, 0.6) is 0 Å². The zero-order valence-electron chi connectivity index (χ0n) is 17.5. The van der Waals surface area contributed by atoms with Crippen LogP contribution in [0.3, 0.4) is 0 Å². The van der Waals surface area contributed by atoms with Gasteiger partial charge in [-0.15, -0.1) is 0 Å². The van der Waals surface area contributed by atoms with E-state index in [1.165, 1.54) is 5.56 Å². The van der Waals surface area contributed by atoms with Crippen LogP contribution in [0.25, 0.3) is 0 Å². The van der Waals surface area contributed by atoms with Gasteiger partial charge in [-0.2, -0.15) is 0 Å². The van der Waals surface area contributed by atoms with Gasteiger partial charge in [0.1, 0.15) is 5.76 Å². The van der Waals surface area contributed by atoms with E-state index in [4.69, 9.17) is 4.52 Å². The van der Waals surface area contributed by atoms with Gasteiger partial charge in [0, 0.05) is 50.1 Å². The maximum absolute atomic E-state index is 12.7. The molecule has 0 radical (unpaired) electrons. The predicted octanol–water partition coefficient (Wildman–Crippen LogP) is 0.878. The molecule has 1 atom stereocenters. The normalized spacial score (nSPS) is 25.5. The van der Waals surface area contributed by atoms with E-state index >= 15 is 0 Å². The van der Waals surface area contributed by atoms with E-state index in [9.17, 15) is 13.2 Å². The molecule has 8 nitrogen and oxygen atoms in total. The van der Waals surface area contributed by atoms with Crippen LogP contribution in [-0.2, 0) is 27.6 Å². The van der Waals surface area contributed by atoms with Crippen LogP contribution in [0.1, 0.15) is 49.1 Å². The molecule has 4 rings (SSSR count). The van der Waals surface area contributed by atoms with E-state index in [2.05, 4.69) is 17.0 Å². The molecule has 3 aliphatic rings. The zero-order valence-corrected chi connectivity index (χ0v) is 18.3. The number of likely N-dealkylation sites (N-methyl/N-ethyl adjacent to an activating group) is 2. The summed E-state index contributed by atoms with van der Waals surface area (Å²) in [5, 5.41) is 4.31. The number of hydrogen-bond acceptors (Lipinski definition) is 7. The standard InChI is InChI=1S/C20H32N4O4S/c1-3-23-8-6-18-17(12-23)20(28-21-18)15-4-9-24(10-5-15)19(25)13-22(2)16-7-11-29(26,27)14-16/h15-16H,3-14H2,1-2H3/t16-/m0/s1. The van der Waals surface area contributed by atoms with Crippen molar-refractivity contribution >= 4 is 15.7 Å². The first-order chi connectivity index (χ1) is 13.9. The molecule has 1 amide bonds. The number of nitrogens with zero attached hydrogens (tertiary/aromatic N) is 4. The van der Waals surface area contributed by atoms with Crippen LogP contribution >= 0.6 is 0 Å². The Morgan fingerprint density at radius 3 is 2.66 bits per heavy atom. The maximum Gasteiger partial charge on any atom is 0.236 e. The second-order valence-corrected chi connectivity index (χ2v) is 10.9. The van der Waals surface area contributed by atoms with Crippen molar-refractivity contribution in [3.05, 3.63) is 17.0 Å². The molecule has 162 valence electrons. The van der Waals surface area contributed by atoms with Gasteiger partial charge >= 0.3 is 0 Å². The number of likely N-dealkylation sites (tertiary alicyclic amines) is 1. The molecule has 0 aromatic carbocycles. The van der Waals surface area contributed by atoms with Crippen LogP contribution in [0.4, 0.5) is 0 Å². The van der Waals surface area contributed by atoms with Crippen molar-refractivity contribution in [1.29, 1.82) is 0 Å². The number of amides is 1. The number of fused-ring (bicyclic) bond motifs is 1. The first-order valence-corrected chi connectivity index (χ1v) is 12.6. The van der Waals surface area contributed by atoms with Crippen molar-refractivity contribution in [2.45, 2.75) is 51.1 Å². The third-order valence-corrected chi connectivity index (χ3v) is 8.58. The van der Waals surface area contributed by atoms with Crippen LogP contribution < -0.4 is 0 Å². The molecule has 0 N–H and O–H groups in total. The minimum atomic E-state index is -2.93. The summed E-state index contributed by atoms with van der Waals surface area (Å²) >= 11 is 0. The Labute approximate surface area is 173 Å². The Morgan fingerprint density at radius 2 is 2.00 bits per heavy atom. The Hall–Kier alpha value is -1.45. The zero-order chi connectivity index (χ0) is 20.6. The highest BCUT2D eigenvalue weighted by molar-refractivity contribution is 7.91. The fraction of sp³-hybridized carbons (Fsp3) is 0.800. The molecule has 0 aliphatic carbocycles. The average Bonchev–Trinajstić information content (AvgIpc) is 3.30. The van der Waals surface area contributed by atoms with Crippen molar-refractivity contribution in [1.82, 2.24) is 19.9 Å². The lowest BCUT2D eigenvalue weighted by atomic mass is 9.90. The van der Waals surface area contributed by atoms with Gasteiger partial charge < -0.3 is 9.42 Å². The number of rotatable bonds is 5. The van der Waals surface area contributed by atoms with Gasteiger partial charge in [-0.1, -0.05) is 12.1 Å². The average molecular weight is 425 g/mol. The molecule has 0 spiro atoms. The third-order valence-electron chi connectivity index (χ3n) is 6.83. The summed E-state index contributed by atoms with van der Waals surface area (Å²) in [6.45, 7) is 6.89. The van der Waals surface area contributed by atoms with E-state index in [0.717, 1.165) is 50.4 Å². The largest absolute Gasteiger partial charge is 0.360 e. The topological polar surface area (TPSA) is 87.0 Å². The number of hydrogen-bond donors (Lipinski definition) is 0. The van der Waals surface area contributed by atoms with Crippen LogP contribution in [0.15, 0.2) is 4.52 Å². The molecule has 0 bridgehead atoms. The lowest BCUT2D eigenvalue weighted by Gasteiger charge is -2.33. The molecule has 0 unspecified atom stereocenters. The van der Waals surface area contributed by atoms with Crippen LogP contribution in [0.2, 0.25) is 0 Å². The smallest absolute Gasteiger partial charge is 0.236 e. The van der Waals surface area contributed by atoms with Gasteiger partial charge in [-0.05, 0) is 32.9 Å². The van der Waals surface area contributed by atoms with Gasteiger partial charge in [0.2, 0.25) is 5.91 Å². The van der Waals surface area contributed by atoms with Crippen LogP contribution in [-0.4, -0.2) is 91.5 Å². The number of piperidine rings is 1. The molecule has 3 aliphatic heterocycles. The fourth-order valence-electron chi connectivity index (χ4n) is 4.84. The minimum absolute atomic E-state index is 0.0382. The van der Waals surface area contributed by atoms with E-state index < -0.39 is 9.84 Å². The maximum atomic E-state index is 12.7. The molecule has 1 aromatic heterocycles. The number of sulfone groups is 1. The molecule has 29 heavy (non-hydrogen) atoms. The highest BCUT2D eigenvalue weighted by Gasteiger charge is 2.34. The first kappa shape index (κ1) is 20.8. The first-order valence-electron chi connectivity index (χ1n) is 10.7. The van der Waals surface area contributed by atoms with E-state index in [-0.39, 0.29) is 30.0 Å². The van der Waals surface area contributed by atoms with Crippen LogP contribution in [0, 0.1) is 0 Å². The molecule has 2 saturated heterocycles. The van der Waals surface area contributed by atoms with Crippen molar-refractivity contribution in [3.8, 4) is 0 Å². The molecule has 4 heterocycles. The number of aromatic nitrogens is 1. The van der Waals surface area contributed by atoms with Gasteiger partial charge in [0.15, 0.2) is 9.84 Å². The lowest BCUT2D eigenvalue weighted by molar-refractivity contribution is -0.133. The molecular formula is C20H32N4O4S. The second-order valence-electron chi connectivity index (χ2n) is 8.72. The summed E-state index contributed by atoms with van der Waals surface area (Å²) in [6, 6.07) is -0.0382. The molecule has 1 aromatic rings. The van der Waals surface area contributed by atoms with Crippen molar-refractivity contribution in [3.63, 3.8) is 0 Å². The number of carbonyl (C=O) groups excluding carboxylic acids is 1. The fourth-order valence-corrected chi connectivity index (χ4v) is 6.64. The highest BCUT2D eigenvalue weighted by Crippen LogP contribution is 2.34. The van der Waals surface area contributed by atoms with E-state index in [1.807, 2.05) is 16.8 Å². The van der Waals surface area contributed by atoms with Gasteiger partial charge in [0.25, 0.3) is 0 Å². The molecule has 0 saturated carbocycles. The Bertz CT molecular complexity index is 845. The van der Waals surface area contributed by atoms with E-state index in [0.29, 0.717) is 25.4 Å². The van der Waals surface area contributed by atoms with Crippen molar-refractivity contribution in [2.24, 2.45) is 0 Å². The summed E-state index contributed by atoms with van der Waals surface area (Å²) in [5.74, 6) is 1.85. The van der Waals surface area contributed by atoms with Gasteiger partial charge in [-0.25, -0.2) is 8.42 Å². The molecular weight excluding hydrogens is 392 g/mol. The Balaban J connectivity index is 1.31. The number of carbonyl (C=O) groups is 1. The monoisotopic (exact) mass is 424 g/mol. The Morgan fingerprint density at radius 1 is 1.24 bits per heavy atom. The van der Waals surface area contributed by atoms with Crippen molar-refractivity contribution < 1.29 is 17.7 Å². The lowest BCUT2D eigenvalue weighted by Crippen LogP contribution is -2.45. The summed E-state index contributed by atoms with van der Waals surface area (Å²) < 4.78 is 29.1. The molecule has 2 fully saturated rings. The molecule has 9 heteroatoms. The van der Waals surface area contributed by atoms with Gasteiger partial charge in [-0.3, -0.25) is 14.6 Å². The summed E-state index contributed by atoms with van der Waals surface area (Å²) in [4.78, 5) is 19.0.